The Kier molecular flexibility index (Phi) is 2.16. The molecule has 1 N–H and O–H groups in total. The Bertz CT molecular complexity index is 511. The van der Waals surface area contributed by atoms with Crippen molar-refractivity contribution in [1.29, 1.82) is 0 Å². The summed E-state index contributed by atoms with van der Waals surface area (Å²) in [6.07, 6.45) is 4.87. The fourth-order valence-electron chi connectivity index (χ4n) is 4.26. The summed E-state index contributed by atoms with van der Waals surface area (Å²) in [5.41, 5.74) is 3.84. The fraction of sp³-hybridized carbons (Fsp3) is 0.533. The Morgan fingerprint density at radius 3 is 3.00 bits per heavy atom. The second-order valence-electron chi connectivity index (χ2n) is 5.81. The first-order valence-electron chi connectivity index (χ1n) is 6.95. The van der Waals surface area contributed by atoms with Gasteiger partial charge >= 0.3 is 0 Å². The number of nitrogens with zero attached hydrogens (tertiary/aromatic N) is 2. The van der Waals surface area contributed by atoms with E-state index in [1.165, 1.54) is 30.5 Å². The van der Waals surface area contributed by atoms with Crippen molar-refractivity contribution in [2.75, 3.05) is 11.4 Å². The van der Waals surface area contributed by atoms with Crippen LogP contribution in [0.2, 0.25) is 0 Å². The van der Waals surface area contributed by atoms with Crippen molar-refractivity contribution in [3.8, 4) is 0 Å². The van der Waals surface area contributed by atoms with Crippen molar-refractivity contribution in [1.82, 2.24) is 0 Å². The van der Waals surface area contributed by atoms with Crippen LogP contribution in [0.5, 0.6) is 0 Å². The van der Waals surface area contributed by atoms with Crippen LogP contribution in [0.1, 0.15) is 24.8 Å². The molecule has 0 saturated heterocycles. The molecule has 2 saturated carbocycles. The molecule has 3 heteroatoms. The Morgan fingerprint density at radius 2 is 2.11 bits per heavy atom. The van der Waals surface area contributed by atoms with Crippen molar-refractivity contribution >= 4 is 11.4 Å². The van der Waals surface area contributed by atoms with Crippen LogP contribution in [-0.2, 0) is 6.42 Å². The Morgan fingerprint density at radius 1 is 1.22 bits per heavy atom. The molecule has 94 valence electrons. The van der Waals surface area contributed by atoms with Crippen LogP contribution in [-0.4, -0.2) is 23.5 Å². The molecule has 3 aliphatic rings. The number of para-hydroxylation sites is 1. The first-order chi connectivity index (χ1) is 8.88. The van der Waals surface area contributed by atoms with E-state index in [0.717, 1.165) is 18.7 Å². The van der Waals surface area contributed by atoms with Crippen LogP contribution in [0, 0.1) is 11.8 Å². The summed E-state index contributed by atoms with van der Waals surface area (Å²) in [6, 6.07) is 9.02. The first kappa shape index (κ1) is 10.4. The quantitative estimate of drug-likeness (QED) is 0.607. The van der Waals surface area contributed by atoms with Gasteiger partial charge in [0.25, 0.3) is 0 Å². The number of fused-ring (bicyclic) bond motifs is 3. The maximum atomic E-state index is 9.33. The molecule has 0 spiro atoms. The van der Waals surface area contributed by atoms with Gasteiger partial charge in [-0.3, -0.25) is 0 Å². The Hall–Kier alpha value is -1.51. The van der Waals surface area contributed by atoms with Crippen LogP contribution in [0.25, 0.3) is 0 Å². The van der Waals surface area contributed by atoms with Crippen LogP contribution in [0.3, 0.4) is 0 Å². The van der Waals surface area contributed by atoms with Gasteiger partial charge in [-0.25, -0.2) is 0 Å². The molecule has 4 rings (SSSR count). The lowest BCUT2D eigenvalue weighted by Crippen LogP contribution is -2.44. The van der Waals surface area contributed by atoms with Gasteiger partial charge in [-0.15, -0.1) is 0 Å². The Balaban J connectivity index is 1.73. The number of benzene rings is 1. The highest BCUT2D eigenvalue weighted by atomic mass is 16.4. The molecule has 2 bridgehead atoms. The summed E-state index contributed by atoms with van der Waals surface area (Å²) >= 11 is 0. The summed E-state index contributed by atoms with van der Waals surface area (Å²) in [5, 5.41) is 13.0. The zero-order valence-electron chi connectivity index (χ0n) is 10.4. The van der Waals surface area contributed by atoms with E-state index < -0.39 is 0 Å². The third-order valence-corrected chi connectivity index (χ3v) is 5.02. The van der Waals surface area contributed by atoms with Crippen LogP contribution in [0.4, 0.5) is 5.69 Å². The zero-order chi connectivity index (χ0) is 12.1. The van der Waals surface area contributed by atoms with Gasteiger partial charge in [0.1, 0.15) is 0 Å². The van der Waals surface area contributed by atoms with Crippen molar-refractivity contribution in [3.63, 3.8) is 0 Å². The third kappa shape index (κ3) is 1.27. The van der Waals surface area contributed by atoms with Crippen LogP contribution in [0.15, 0.2) is 29.4 Å². The van der Waals surface area contributed by atoms with Gasteiger partial charge in [0.15, 0.2) is 0 Å². The minimum atomic E-state index is 0.359. The summed E-state index contributed by atoms with van der Waals surface area (Å²) < 4.78 is 0. The van der Waals surface area contributed by atoms with Gasteiger partial charge in [0, 0.05) is 18.2 Å². The molecule has 3 atom stereocenters. The molecule has 3 nitrogen and oxygen atoms in total. The second kappa shape index (κ2) is 3.74. The molecule has 2 fully saturated rings. The van der Waals surface area contributed by atoms with Gasteiger partial charge in [0.05, 0.1) is 11.8 Å². The summed E-state index contributed by atoms with van der Waals surface area (Å²) in [4.78, 5) is 2.48. The van der Waals surface area contributed by atoms with Crippen molar-refractivity contribution in [3.05, 3.63) is 29.8 Å². The maximum Gasteiger partial charge on any atom is 0.0828 e. The van der Waals surface area contributed by atoms with Crippen molar-refractivity contribution in [2.24, 2.45) is 17.0 Å². The highest BCUT2D eigenvalue weighted by molar-refractivity contribution is 5.97. The smallest absolute Gasteiger partial charge is 0.0828 e. The molecule has 1 aromatic carbocycles. The predicted octanol–water partition coefficient (Wildman–Crippen LogP) is 2.68. The molecule has 1 heterocycles. The SMILES string of the molecule is O/N=C1/[C@H]2CC[C@H](C2)[C@H]1N1CCc2ccccc21. The van der Waals surface area contributed by atoms with E-state index >= 15 is 0 Å². The van der Waals surface area contributed by atoms with Gasteiger partial charge in [-0.2, -0.15) is 0 Å². The highest BCUT2D eigenvalue weighted by Crippen LogP contribution is 2.47. The van der Waals surface area contributed by atoms with E-state index in [9.17, 15) is 5.21 Å². The minimum absolute atomic E-state index is 0.359. The van der Waals surface area contributed by atoms with Gasteiger partial charge in [0.2, 0.25) is 0 Å². The van der Waals surface area contributed by atoms with Gasteiger partial charge in [-0.05, 0) is 43.2 Å². The van der Waals surface area contributed by atoms with Crippen molar-refractivity contribution in [2.45, 2.75) is 31.7 Å². The van der Waals surface area contributed by atoms with E-state index in [1.807, 2.05) is 0 Å². The second-order valence-corrected chi connectivity index (χ2v) is 5.81. The topological polar surface area (TPSA) is 35.8 Å². The lowest BCUT2D eigenvalue weighted by molar-refractivity contribution is 0.311. The minimum Gasteiger partial charge on any atom is -0.411 e. The van der Waals surface area contributed by atoms with E-state index in [4.69, 9.17) is 0 Å². The molecule has 0 radical (unpaired) electrons. The Labute approximate surface area is 107 Å². The molecule has 0 aromatic heterocycles. The monoisotopic (exact) mass is 242 g/mol. The number of hydrogen-bond donors (Lipinski definition) is 1. The van der Waals surface area contributed by atoms with E-state index in [0.29, 0.717) is 17.9 Å². The lowest BCUT2D eigenvalue weighted by atomic mass is 9.92. The standard InChI is InChI=1S/C15H18N2O/c18-16-14-11-5-6-12(9-11)15(14)17-8-7-10-3-1-2-4-13(10)17/h1-4,11-12,15,18H,5-9H2/b16-14-/t11-,12+,15+/m0/s1. The molecule has 1 aliphatic heterocycles. The molecular weight excluding hydrogens is 224 g/mol. The zero-order valence-corrected chi connectivity index (χ0v) is 10.4. The van der Waals surface area contributed by atoms with E-state index in [-0.39, 0.29) is 0 Å². The largest absolute Gasteiger partial charge is 0.411 e. The fourth-order valence-corrected chi connectivity index (χ4v) is 4.26. The third-order valence-electron chi connectivity index (χ3n) is 5.02. The van der Waals surface area contributed by atoms with E-state index in [2.05, 4.69) is 34.3 Å². The van der Waals surface area contributed by atoms with E-state index in [1.54, 1.807) is 0 Å². The predicted molar refractivity (Wildman–Crippen MR) is 71.3 cm³/mol. The molecule has 18 heavy (non-hydrogen) atoms. The average Bonchev–Trinajstić information content (AvgIpc) is 3.11. The van der Waals surface area contributed by atoms with Gasteiger partial charge < -0.3 is 10.1 Å². The maximum absolute atomic E-state index is 9.33. The lowest BCUT2D eigenvalue weighted by Gasteiger charge is -2.33. The number of oxime groups is 1. The molecule has 0 amide bonds. The number of hydrogen-bond acceptors (Lipinski definition) is 3. The number of anilines is 1. The van der Waals surface area contributed by atoms with Gasteiger partial charge in [-0.1, -0.05) is 23.4 Å². The summed E-state index contributed by atoms with van der Waals surface area (Å²) in [7, 11) is 0. The summed E-state index contributed by atoms with van der Waals surface area (Å²) in [6.45, 7) is 1.08. The molecule has 2 aliphatic carbocycles. The molecule has 0 unspecified atom stereocenters. The van der Waals surface area contributed by atoms with Crippen molar-refractivity contribution < 1.29 is 5.21 Å². The number of rotatable bonds is 1. The van der Waals surface area contributed by atoms with Crippen LogP contribution < -0.4 is 4.90 Å². The first-order valence-corrected chi connectivity index (χ1v) is 6.95. The molecular formula is C15H18N2O. The molecule has 1 aromatic rings. The van der Waals surface area contributed by atoms with Crippen LogP contribution >= 0.6 is 0 Å². The average molecular weight is 242 g/mol. The normalized spacial score (nSPS) is 35.4. The summed E-state index contributed by atoms with van der Waals surface area (Å²) in [5.74, 6) is 1.24. The highest BCUT2D eigenvalue weighted by Gasteiger charge is 2.49.